The number of para-hydroxylation sites is 2. The number of benzene rings is 2. The van der Waals surface area contributed by atoms with E-state index in [0.29, 0.717) is 6.04 Å². The molecule has 5 rings (SSSR count). The monoisotopic (exact) mass is 407 g/mol. The number of amides is 1. The van der Waals surface area contributed by atoms with E-state index in [1.165, 1.54) is 11.3 Å². The molecule has 1 aliphatic carbocycles. The lowest BCUT2D eigenvalue weighted by atomic mass is 9.83. The zero-order valence-corrected chi connectivity index (χ0v) is 17.6. The summed E-state index contributed by atoms with van der Waals surface area (Å²) in [6.45, 7) is 2.53. The molecule has 6 heteroatoms. The van der Waals surface area contributed by atoms with E-state index in [2.05, 4.69) is 33.3 Å². The molecule has 1 N–H and O–H groups in total. The highest BCUT2D eigenvalue weighted by atomic mass is 16.5. The standard InChI is InChI=1S/C24H29N3O3/c1-29-18-10-7-16-13-19(24(28)25-17-8-9-17)22-15-26(11-12-27(22)21(16)14-18)20-5-3-4-6-23(20)30-2/h3-7,10,14,17,19,22H,8-9,11-13,15H2,1-2H3,(H,25,28). The minimum Gasteiger partial charge on any atom is -0.497 e. The largest absolute Gasteiger partial charge is 0.497 e. The second-order valence-electron chi connectivity index (χ2n) is 8.47. The molecule has 0 radical (unpaired) electrons. The van der Waals surface area contributed by atoms with Crippen molar-refractivity contribution in [2.24, 2.45) is 5.92 Å². The average Bonchev–Trinajstić information content (AvgIpc) is 3.61. The predicted octanol–water partition coefficient (Wildman–Crippen LogP) is 2.85. The van der Waals surface area contributed by atoms with Gasteiger partial charge in [0, 0.05) is 37.4 Å². The Morgan fingerprint density at radius 3 is 2.63 bits per heavy atom. The normalized spacial score (nSPS) is 22.7. The second-order valence-corrected chi connectivity index (χ2v) is 8.47. The first-order valence-corrected chi connectivity index (χ1v) is 10.8. The van der Waals surface area contributed by atoms with E-state index in [-0.39, 0.29) is 17.9 Å². The quantitative estimate of drug-likeness (QED) is 0.826. The van der Waals surface area contributed by atoms with E-state index in [1.54, 1.807) is 14.2 Å². The van der Waals surface area contributed by atoms with Crippen molar-refractivity contribution in [2.45, 2.75) is 31.3 Å². The maximum atomic E-state index is 13.2. The molecule has 1 amide bonds. The highest BCUT2D eigenvalue weighted by Gasteiger charge is 2.43. The maximum Gasteiger partial charge on any atom is 0.225 e. The summed E-state index contributed by atoms with van der Waals surface area (Å²) in [4.78, 5) is 18.0. The molecule has 30 heavy (non-hydrogen) atoms. The molecule has 1 saturated heterocycles. The average molecular weight is 408 g/mol. The molecule has 0 spiro atoms. The maximum absolute atomic E-state index is 13.2. The topological polar surface area (TPSA) is 54.0 Å². The fourth-order valence-corrected chi connectivity index (χ4v) is 4.85. The van der Waals surface area contributed by atoms with Crippen molar-refractivity contribution in [2.75, 3.05) is 43.7 Å². The van der Waals surface area contributed by atoms with Crippen molar-refractivity contribution >= 4 is 17.3 Å². The highest BCUT2D eigenvalue weighted by Crippen LogP contribution is 2.40. The smallest absolute Gasteiger partial charge is 0.225 e. The second kappa shape index (κ2) is 7.74. The van der Waals surface area contributed by atoms with E-state index >= 15 is 0 Å². The molecular weight excluding hydrogens is 378 g/mol. The number of rotatable bonds is 5. The molecule has 6 nitrogen and oxygen atoms in total. The van der Waals surface area contributed by atoms with Crippen molar-refractivity contribution in [1.82, 2.24) is 5.32 Å². The van der Waals surface area contributed by atoms with Crippen LogP contribution in [0, 0.1) is 5.92 Å². The van der Waals surface area contributed by atoms with Gasteiger partial charge in [-0.05, 0) is 43.0 Å². The van der Waals surface area contributed by atoms with Gasteiger partial charge in [-0.3, -0.25) is 4.79 Å². The molecule has 2 aromatic carbocycles. The summed E-state index contributed by atoms with van der Waals surface area (Å²) in [7, 11) is 3.41. The number of hydrogen-bond acceptors (Lipinski definition) is 5. The molecule has 2 fully saturated rings. The van der Waals surface area contributed by atoms with Crippen LogP contribution < -0.4 is 24.6 Å². The molecule has 0 aromatic heterocycles. The molecule has 1 saturated carbocycles. The minimum absolute atomic E-state index is 0.0657. The first kappa shape index (κ1) is 19.1. The van der Waals surface area contributed by atoms with E-state index < -0.39 is 0 Å². The van der Waals surface area contributed by atoms with Crippen molar-refractivity contribution in [3.05, 3.63) is 48.0 Å². The lowest BCUT2D eigenvalue weighted by Crippen LogP contribution is -2.61. The number of nitrogens with zero attached hydrogens (tertiary/aromatic N) is 2. The number of methoxy groups -OCH3 is 2. The highest BCUT2D eigenvalue weighted by molar-refractivity contribution is 5.83. The number of anilines is 2. The van der Waals surface area contributed by atoms with Crippen molar-refractivity contribution in [3.63, 3.8) is 0 Å². The van der Waals surface area contributed by atoms with Crippen molar-refractivity contribution in [3.8, 4) is 11.5 Å². The Morgan fingerprint density at radius 2 is 1.87 bits per heavy atom. The van der Waals surface area contributed by atoms with Gasteiger partial charge >= 0.3 is 0 Å². The number of nitrogens with one attached hydrogen (secondary N) is 1. The summed E-state index contributed by atoms with van der Waals surface area (Å²) >= 11 is 0. The summed E-state index contributed by atoms with van der Waals surface area (Å²) in [5, 5.41) is 3.25. The van der Waals surface area contributed by atoms with Crippen LogP contribution in [-0.2, 0) is 11.2 Å². The van der Waals surface area contributed by atoms with Crippen LogP contribution in [0.5, 0.6) is 11.5 Å². The Labute approximate surface area is 177 Å². The van der Waals surface area contributed by atoms with Gasteiger partial charge in [-0.15, -0.1) is 0 Å². The summed E-state index contributed by atoms with van der Waals surface area (Å²) in [6.07, 6.45) is 2.97. The van der Waals surface area contributed by atoms with Crippen LogP contribution in [0.15, 0.2) is 42.5 Å². The third kappa shape index (κ3) is 3.44. The number of carbonyl (C=O) groups is 1. The molecule has 2 atom stereocenters. The van der Waals surface area contributed by atoms with Gasteiger partial charge < -0.3 is 24.6 Å². The first-order chi connectivity index (χ1) is 14.7. The van der Waals surface area contributed by atoms with Crippen LogP contribution in [0.4, 0.5) is 11.4 Å². The Hall–Kier alpha value is -2.89. The van der Waals surface area contributed by atoms with Crippen LogP contribution in [0.2, 0.25) is 0 Å². The van der Waals surface area contributed by atoms with E-state index in [9.17, 15) is 4.79 Å². The zero-order valence-electron chi connectivity index (χ0n) is 17.6. The molecular formula is C24H29N3O3. The van der Waals surface area contributed by atoms with E-state index in [1.807, 2.05) is 24.3 Å². The Bertz CT molecular complexity index is 943. The van der Waals surface area contributed by atoms with Crippen LogP contribution in [0.25, 0.3) is 0 Å². The Balaban J connectivity index is 1.48. The number of carbonyl (C=O) groups excluding carboxylic acids is 1. The fourth-order valence-electron chi connectivity index (χ4n) is 4.85. The molecule has 2 aliphatic heterocycles. The van der Waals surface area contributed by atoms with Crippen LogP contribution in [0.1, 0.15) is 18.4 Å². The predicted molar refractivity (Wildman–Crippen MR) is 118 cm³/mol. The van der Waals surface area contributed by atoms with Gasteiger partial charge in [0.05, 0.1) is 31.9 Å². The summed E-state index contributed by atoms with van der Waals surface area (Å²) < 4.78 is 11.1. The Morgan fingerprint density at radius 1 is 1.03 bits per heavy atom. The van der Waals surface area contributed by atoms with Gasteiger partial charge in [0.15, 0.2) is 0 Å². The first-order valence-electron chi connectivity index (χ1n) is 10.8. The van der Waals surface area contributed by atoms with E-state index in [4.69, 9.17) is 9.47 Å². The molecule has 158 valence electrons. The number of piperazine rings is 1. The molecule has 2 aromatic rings. The number of hydrogen-bond donors (Lipinski definition) is 1. The van der Waals surface area contributed by atoms with Crippen LogP contribution >= 0.6 is 0 Å². The third-order valence-corrected chi connectivity index (χ3v) is 6.61. The number of fused-ring (bicyclic) bond motifs is 3. The summed E-state index contributed by atoms with van der Waals surface area (Å²) in [5.41, 5.74) is 3.53. The van der Waals surface area contributed by atoms with Crippen molar-refractivity contribution < 1.29 is 14.3 Å². The fraction of sp³-hybridized carbons (Fsp3) is 0.458. The van der Waals surface area contributed by atoms with E-state index in [0.717, 1.165) is 56.1 Å². The number of ether oxygens (including phenoxy) is 2. The molecule has 2 heterocycles. The van der Waals surface area contributed by atoms with Gasteiger partial charge in [-0.2, -0.15) is 0 Å². The molecule has 3 aliphatic rings. The minimum atomic E-state index is -0.0657. The van der Waals surface area contributed by atoms with Crippen LogP contribution in [-0.4, -0.2) is 51.8 Å². The molecule has 0 bridgehead atoms. The Kier molecular flexibility index (Phi) is 4.93. The summed E-state index contributed by atoms with van der Waals surface area (Å²) in [5.74, 6) is 1.86. The van der Waals surface area contributed by atoms with Gasteiger partial charge in [-0.25, -0.2) is 0 Å². The third-order valence-electron chi connectivity index (χ3n) is 6.61. The zero-order chi connectivity index (χ0) is 20.7. The van der Waals surface area contributed by atoms with Gasteiger partial charge in [0.1, 0.15) is 11.5 Å². The molecule has 2 unspecified atom stereocenters. The summed E-state index contributed by atoms with van der Waals surface area (Å²) in [6, 6.07) is 14.9. The van der Waals surface area contributed by atoms with Gasteiger partial charge in [0.25, 0.3) is 0 Å². The van der Waals surface area contributed by atoms with Crippen molar-refractivity contribution in [1.29, 1.82) is 0 Å². The lowest BCUT2D eigenvalue weighted by molar-refractivity contribution is -0.126. The van der Waals surface area contributed by atoms with Gasteiger partial charge in [-0.1, -0.05) is 18.2 Å². The SMILES string of the molecule is COc1ccc2c(c1)N1CCN(c3ccccc3OC)CC1C(C(=O)NC1CC1)C2. The van der Waals surface area contributed by atoms with Crippen LogP contribution in [0.3, 0.4) is 0 Å². The van der Waals surface area contributed by atoms with Gasteiger partial charge in [0.2, 0.25) is 5.91 Å². The lowest BCUT2D eigenvalue weighted by Gasteiger charge is -2.49.